The molecule has 4 heterocycles. The molecule has 0 aromatic carbocycles. The smallest absolute Gasteiger partial charge is 0.475 e. The van der Waals surface area contributed by atoms with Gasteiger partial charge in [0.25, 0.3) is 5.91 Å². The Kier molecular flexibility index (Phi) is 7.57. The largest absolute Gasteiger partial charge is 0.490 e. The number of rotatable bonds is 3. The van der Waals surface area contributed by atoms with Crippen molar-refractivity contribution in [2.24, 2.45) is 5.92 Å². The Morgan fingerprint density at radius 1 is 1.16 bits per heavy atom. The minimum atomic E-state index is -5.08. The van der Waals surface area contributed by atoms with Crippen molar-refractivity contribution >= 4 is 17.7 Å². The number of alkyl halides is 3. The molecule has 0 spiro atoms. The molecule has 0 bridgehead atoms. The first-order valence-electron chi connectivity index (χ1n) is 9.90. The highest BCUT2D eigenvalue weighted by Gasteiger charge is 2.41. The van der Waals surface area contributed by atoms with Crippen molar-refractivity contribution in [3.63, 3.8) is 0 Å². The summed E-state index contributed by atoms with van der Waals surface area (Å²) < 4.78 is 37.8. The second kappa shape index (κ2) is 10.4. The van der Waals surface area contributed by atoms with E-state index in [4.69, 9.17) is 14.6 Å². The number of piperidine rings is 1. The first-order valence-corrected chi connectivity index (χ1v) is 9.90. The van der Waals surface area contributed by atoms with Crippen LogP contribution in [0.15, 0.2) is 43.0 Å². The number of carboxylic acid groups (broad SMARTS) is 1. The van der Waals surface area contributed by atoms with E-state index in [9.17, 15) is 18.0 Å². The summed E-state index contributed by atoms with van der Waals surface area (Å²) in [4.78, 5) is 36.1. The topological polar surface area (TPSA) is 118 Å². The molecule has 0 aliphatic carbocycles. The number of nitrogens with one attached hydrogen (secondary N) is 1. The predicted octanol–water partition coefficient (Wildman–Crippen LogP) is 2.24. The lowest BCUT2D eigenvalue weighted by atomic mass is 9.85. The van der Waals surface area contributed by atoms with E-state index in [0.717, 1.165) is 25.3 Å². The van der Waals surface area contributed by atoms with Gasteiger partial charge in [-0.25, -0.2) is 14.8 Å². The highest BCUT2D eigenvalue weighted by Crippen LogP contribution is 2.30. The molecule has 2 saturated heterocycles. The number of halogens is 3. The van der Waals surface area contributed by atoms with Crippen LogP contribution < -0.4 is 5.32 Å². The number of carboxylic acids is 1. The van der Waals surface area contributed by atoms with Crippen LogP contribution in [-0.4, -0.2) is 74.9 Å². The number of carbonyl (C=O) groups excluding carboxylic acids is 1. The van der Waals surface area contributed by atoms with E-state index in [0.29, 0.717) is 24.7 Å². The van der Waals surface area contributed by atoms with Crippen LogP contribution in [0.2, 0.25) is 0 Å². The van der Waals surface area contributed by atoms with Crippen LogP contribution in [0.5, 0.6) is 0 Å². The molecule has 9 nitrogen and oxygen atoms in total. The van der Waals surface area contributed by atoms with E-state index in [1.54, 1.807) is 18.6 Å². The van der Waals surface area contributed by atoms with Gasteiger partial charge in [-0.1, -0.05) is 6.07 Å². The summed E-state index contributed by atoms with van der Waals surface area (Å²) in [5, 5.41) is 10.6. The molecule has 172 valence electrons. The van der Waals surface area contributed by atoms with Crippen LogP contribution in [0.1, 0.15) is 23.3 Å². The van der Waals surface area contributed by atoms with Gasteiger partial charge in [-0.2, -0.15) is 13.2 Å². The molecular formula is C20H22F3N5O4. The van der Waals surface area contributed by atoms with Gasteiger partial charge in [0.1, 0.15) is 11.5 Å². The SMILES string of the molecule is O=C(O)C(F)(F)F.O=C(c1cnccn1)N1C[C@@H]2CCCO[C@@H]2[C@H](Nc2ccccn2)C1. The highest BCUT2D eigenvalue weighted by molar-refractivity contribution is 5.92. The molecule has 32 heavy (non-hydrogen) atoms. The third-order valence-electron chi connectivity index (χ3n) is 5.07. The number of amides is 1. The summed E-state index contributed by atoms with van der Waals surface area (Å²) in [6.07, 6.45) is 3.51. The van der Waals surface area contributed by atoms with Gasteiger partial charge in [0.15, 0.2) is 0 Å². The lowest BCUT2D eigenvalue weighted by Gasteiger charge is -2.46. The molecular weight excluding hydrogens is 431 g/mol. The fourth-order valence-electron chi connectivity index (χ4n) is 3.71. The van der Waals surface area contributed by atoms with Crippen LogP contribution in [0.3, 0.4) is 0 Å². The number of likely N-dealkylation sites (tertiary alicyclic amines) is 1. The number of aromatic nitrogens is 3. The van der Waals surface area contributed by atoms with Gasteiger partial charge in [-0.15, -0.1) is 0 Å². The van der Waals surface area contributed by atoms with E-state index < -0.39 is 12.1 Å². The van der Waals surface area contributed by atoms with E-state index >= 15 is 0 Å². The summed E-state index contributed by atoms with van der Waals surface area (Å²) >= 11 is 0. The summed E-state index contributed by atoms with van der Waals surface area (Å²) in [5.74, 6) is -1.71. The Morgan fingerprint density at radius 2 is 1.94 bits per heavy atom. The number of fused-ring (bicyclic) bond motifs is 1. The Labute approximate surface area is 181 Å². The third kappa shape index (κ3) is 6.13. The number of hydrogen-bond donors (Lipinski definition) is 2. The molecule has 3 atom stereocenters. The average Bonchev–Trinajstić information content (AvgIpc) is 2.79. The lowest BCUT2D eigenvalue weighted by molar-refractivity contribution is -0.192. The van der Waals surface area contributed by atoms with Crippen LogP contribution in [0.4, 0.5) is 19.0 Å². The van der Waals surface area contributed by atoms with Crippen molar-refractivity contribution < 1.29 is 32.6 Å². The number of hydrogen-bond acceptors (Lipinski definition) is 7. The molecule has 2 aromatic rings. The van der Waals surface area contributed by atoms with Crippen molar-refractivity contribution in [3.05, 3.63) is 48.7 Å². The molecule has 12 heteroatoms. The molecule has 4 rings (SSSR count). The van der Waals surface area contributed by atoms with Crippen LogP contribution in [-0.2, 0) is 9.53 Å². The minimum absolute atomic E-state index is 0.00886. The molecule has 2 N–H and O–H groups in total. The number of aliphatic carboxylic acids is 1. The summed E-state index contributed by atoms with van der Waals surface area (Å²) in [6, 6.07) is 5.77. The maximum absolute atomic E-state index is 12.8. The van der Waals surface area contributed by atoms with Crippen molar-refractivity contribution in [3.8, 4) is 0 Å². The van der Waals surface area contributed by atoms with Crippen LogP contribution in [0, 0.1) is 5.92 Å². The molecule has 2 fully saturated rings. The number of anilines is 1. The quantitative estimate of drug-likeness (QED) is 0.727. The fraction of sp³-hybridized carbons (Fsp3) is 0.450. The van der Waals surface area contributed by atoms with Crippen molar-refractivity contribution in [1.82, 2.24) is 19.9 Å². The number of ether oxygens (including phenoxy) is 1. The van der Waals surface area contributed by atoms with Gasteiger partial charge in [0.2, 0.25) is 0 Å². The first kappa shape index (κ1) is 23.4. The summed E-state index contributed by atoms with van der Waals surface area (Å²) in [7, 11) is 0. The molecule has 0 saturated carbocycles. The predicted molar refractivity (Wildman–Crippen MR) is 106 cm³/mol. The van der Waals surface area contributed by atoms with Crippen LogP contribution >= 0.6 is 0 Å². The van der Waals surface area contributed by atoms with Crippen LogP contribution in [0.25, 0.3) is 0 Å². The maximum Gasteiger partial charge on any atom is 0.490 e. The van der Waals surface area contributed by atoms with Crippen molar-refractivity contribution in [2.75, 3.05) is 25.0 Å². The van der Waals surface area contributed by atoms with E-state index in [1.807, 2.05) is 23.1 Å². The second-order valence-corrected chi connectivity index (χ2v) is 7.31. The van der Waals surface area contributed by atoms with E-state index in [1.165, 1.54) is 6.20 Å². The Bertz CT molecular complexity index is 901. The van der Waals surface area contributed by atoms with Gasteiger partial charge in [-0.3, -0.25) is 9.78 Å². The molecule has 2 aliphatic heterocycles. The third-order valence-corrected chi connectivity index (χ3v) is 5.07. The minimum Gasteiger partial charge on any atom is -0.475 e. The lowest BCUT2D eigenvalue weighted by Crippen LogP contribution is -2.59. The monoisotopic (exact) mass is 453 g/mol. The Balaban J connectivity index is 0.000000360. The molecule has 2 aliphatic rings. The zero-order valence-electron chi connectivity index (χ0n) is 16.9. The van der Waals surface area contributed by atoms with Gasteiger partial charge in [0, 0.05) is 44.2 Å². The van der Waals surface area contributed by atoms with Crippen molar-refractivity contribution in [2.45, 2.75) is 31.2 Å². The number of carbonyl (C=O) groups is 2. The Hall–Kier alpha value is -3.28. The average molecular weight is 453 g/mol. The zero-order chi connectivity index (χ0) is 23.1. The second-order valence-electron chi connectivity index (χ2n) is 7.31. The summed E-state index contributed by atoms with van der Waals surface area (Å²) in [6.45, 7) is 2.04. The zero-order valence-corrected chi connectivity index (χ0v) is 16.9. The maximum atomic E-state index is 12.8. The Morgan fingerprint density at radius 3 is 2.56 bits per heavy atom. The highest BCUT2D eigenvalue weighted by atomic mass is 19.4. The normalized spacial score (nSPS) is 22.7. The van der Waals surface area contributed by atoms with Gasteiger partial charge < -0.3 is 20.1 Å². The van der Waals surface area contributed by atoms with Gasteiger partial charge in [0.05, 0.1) is 18.3 Å². The number of pyridine rings is 1. The molecule has 0 radical (unpaired) electrons. The first-order chi connectivity index (χ1) is 15.3. The fourth-order valence-corrected chi connectivity index (χ4v) is 3.71. The molecule has 2 aromatic heterocycles. The summed E-state index contributed by atoms with van der Waals surface area (Å²) in [5.41, 5.74) is 0.384. The van der Waals surface area contributed by atoms with Crippen molar-refractivity contribution in [1.29, 1.82) is 0 Å². The standard InChI is InChI=1S/C18H21N5O2.C2HF3O2/c24-18(14-10-19-7-8-20-14)23-11-13-4-3-9-25-17(13)15(12-23)22-16-5-1-2-6-21-16;3-2(4,5)1(6)7/h1-2,5-8,10,13,15,17H,3-4,9,11-12H2,(H,21,22);(H,6,7)/t13-,15+,17-;/m0./s1. The molecule has 1 amide bonds. The molecule has 0 unspecified atom stereocenters. The number of nitrogens with zero attached hydrogens (tertiary/aromatic N) is 4. The van der Waals surface area contributed by atoms with E-state index in [-0.39, 0.29) is 18.1 Å². The van der Waals surface area contributed by atoms with Gasteiger partial charge >= 0.3 is 12.1 Å². The van der Waals surface area contributed by atoms with E-state index in [2.05, 4.69) is 20.3 Å². The van der Waals surface area contributed by atoms with Gasteiger partial charge in [-0.05, 0) is 25.0 Å².